The minimum absolute atomic E-state index is 0.238. The van der Waals surface area contributed by atoms with Gasteiger partial charge in [-0.05, 0) is 29.8 Å². The molecular weight excluding hydrogens is 344 g/mol. The highest BCUT2D eigenvalue weighted by Gasteiger charge is 2.34. The summed E-state index contributed by atoms with van der Waals surface area (Å²) in [6.45, 7) is 8.68. The summed E-state index contributed by atoms with van der Waals surface area (Å²) in [6.07, 6.45) is 1.32. The number of hydrogen-bond donors (Lipinski definition) is 1. The molecule has 0 saturated carbocycles. The number of hydrogen-bond acceptors (Lipinski definition) is 4. The van der Waals surface area contributed by atoms with Gasteiger partial charge in [0.05, 0.1) is 16.4 Å². The van der Waals surface area contributed by atoms with Gasteiger partial charge in [0.25, 0.3) is 0 Å². The van der Waals surface area contributed by atoms with Crippen molar-refractivity contribution in [2.45, 2.75) is 55.6 Å². The second kappa shape index (κ2) is 6.41. The largest absolute Gasteiger partial charge is 0.386 e. The second-order valence-electron chi connectivity index (χ2n) is 5.28. The van der Waals surface area contributed by atoms with E-state index in [2.05, 4.69) is 48.7 Å². The summed E-state index contributed by atoms with van der Waals surface area (Å²) in [6, 6.07) is 0.258. The van der Waals surface area contributed by atoms with Gasteiger partial charge < -0.3 is 5.11 Å². The van der Waals surface area contributed by atoms with E-state index in [0.29, 0.717) is 10.5 Å². The molecule has 0 radical (unpaired) electrons. The molecule has 4 unspecified atom stereocenters. The van der Waals surface area contributed by atoms with Crippen LogP contribution in [0, 0.1) is 0 Å². The van der Waals surface area contributed by atoms with Gasteiger partial charge in [-0.2, -0.15) is 28.6 Å². The average molecular weight is 365 g/mol. The molecule has 0 spiro atoms. The van der Waals surface area contributed by atoms with Crippen LogP contribution in [0.15, 0.2) is 10.7 Å². The molecule has 0 aliphatic carbocycles. The molecule has 1 aromatic heterocycles. The number of rotatable bonds is 3. The van der Waals surface area contributed by atoms with E-state index in [0.717, 1.165) is 15.9 Å². The van der Waals surface area contributed by atoms with E-state index in [4.69, 9.17) is 0 Å². The first kappa shape index (κ1) is 15.7. The van der Waals surface area contributed by atoms with Crippen LogP contribution in [0.2, 0.25) is 0 Å². The average Bonchev–Trinajstić information content (AvgIpc) is 2.74. The maximum absolute atomic E-state index is 10.7. The van der Waals surface area contributed by atoms with Gasteiger partial charge in [-0.3, -0.25) is 4.68 Å². The Morgan fingerprint density at radius 3 is 2.68 bits per heavy atom. The minimum atomic E-state index is -0.466. The molecule has 2 rings (SSSR count). The molecule has 1 aromatic rings. The first-order valence-electron chi connectivity index (χ1n) is 6.59. The van der Waals surface area contributed by atoms with Crippen molar-refractivity contribution in [3.63, 3.8) is 0 Å². The van der Waals surface area contributed by atoms with Crippen molar-refractivity contribution in [2.24, 2.45) is 0 Å². The van der Waals surface area contributed by atoms with Gasteiger partial charge in [-0.15, -0.1) is 0 Å². The van der Waals surface area contributed by atoms with Crippen LogP contribution in [0.4, 0.5) is 0 Å². The second-order valence-corrected chi connectivity index (χ2v) is 9.16. The van der Waals surface area contributed by atoms with E-state index in [9.17, 15) is 5.11 Å². The van der Waals surface area contributed by atoms with Crippen LogP contribution >= 0.6 is 39.5 Å². The maximum atomic E-state index is 10.7. The van der Waals surface area contributed by atoms with Gasteiger partial charge in [-0.1, -0.05) is 13.8 Å². The third kappa shape index (κ3) is 3.34. The molecule has 1 fully saturated rings. The Kier molecular flexibility index (Phi) is 5.31. The molecule has 19 heavy (non-hydrogen) atoms. The Labute approximate surface area is 132 Å². The van der Waals surface area contributed by atoms with Crippen LogP contribution < -0.4 is 0 Å². The third-order valence-electron chi connectivity index (χ3n) is 3.48. The number of aromatic nitrogens is 2. The third-order valence-corrected chi connectivity index (χ3v) is 7.57. The number of aliphatic hydroxyl groups excluding tert-OH is 1. The van der Waals surface area contributed by atoms with E-state index in [-0.39, 0.29) is 11.3 Å². The lowest BCUT2D eigenvalue weighted by Crippen LogP contribution is -2.31. The van der Waals surface area contributed by atoms with E-state index in [1.54, 1.807) is 6.20 Å². The highest BCUT2D eigenvalue weighted by atomic mass is 79.9. The molecule has 6 heteroatoms. The van der Waals surface area contributed by atoms with Crippen LogP contribution in [0.1, 0.15) is 45.5 Å². The summed E-state index contributed by atoms with van der Waals surface area (Å²) in [5, 5.41) is 16.6. The van der Waals surface area contributed by atoms with Gasteiger partial charge in [-0.25, -0.2) is 0 Å². The molecule has 0 aromatic carbocycles. The highest BCUT2D eigenvalue weighted by molar-refractivity contribution is 9.10. The lowest BCUT2D eigenvalue weighted by atomic mass is 10.2. The predicted octanol–water partition coefficient (Wildman–Crippen LogP) is 3.89. The summed E-state index contributed by atoms with van der Waals surface area (Å²) in [5.74, 6) is 0.993. The van der Waals surface area contributed by atoms with Gasteiger partial charge in [0.2, 0.25) is 0 Å². The van der Waals surface area contributed by atoms with Crippen molar-refractivity contribution in [3.05, 3.63) is 16.4 Å². The fraction of sp³-hybridized carbons (Fsp3) is 0.769. The van der Waals surface area contributed by atoms with E-state index in [1.165, 1.54) is 0 Å². The summed E-state index contributed by atoms with van der Waals surface area (Å²) in [5.41, 5.74) is 0.912. The first-order valence-corrected chi connectivity index (χ1v) is 9.38. The first-order chi connectivity index (χ1) is 8.91. The van der Waals surface area contributed by atoms with Crippen LogP contribution in [-0.4, -0.2) is 36.4 Å². The summed E-state index contributed by atoms with van der Waals surface area (Å²) >= 11 is 7.37. The molecular formula is C13H21BrN2OS2. The van der Waals surface area contributed by atoms with E-state index >= 15 is 0 Å². The Balaban J connectivity index is 2.20. The van der Waals surface area contributed by atoms with Gasteiger partial charge in [0.15, 0.2) is 0 Å². The Morgan fingerprint density at radius 2 is 2.11 bits per heavy atom. The predicted molar refractivity (Wildman–Crippen MR) is 88.0 cm³/mol. The van der Waals surface area contributed by atoms with Crippen LogP contribution in [0.25, 0.3) is 0 Å². The highest BCUT2D eigenvalue weighted by Crippen LogP contribution is 2.42. The summed E-state index contributed by atoms with van der Waals surface area (Å²) in [7, 11) is 0. The monoisotopic (exact) mass is 364 g/mol. The lowest BCUT2D eigenvalue weighted by molar-refractivity contribution is 0.165. The smallest absolute Gasteiger partial charge is 0.109 e. The molecule has 1 saturated heterocycles. The standard InChI is InChI=1S/C13H21BrN2OS2/c1-7(2)16-12(10(14)5-15-16)13(17)11-6-18-8(3)9(4)19-11/h5,7-9,11,13,17H,6H2,1-4H3. The Bertz CT molecular complexity index is 438. The normalized spacial score (nSPS) is 29.7. The fourth-order valence-electron chi connectivity index (χ4n) is 2.19. The zero-order valence-electron chi connectivity index (χ0n) is 11.7. The topological polar surface area (TPSA) is 38.1 Å². The zero-order chi connectivity index (χ0) is 14.2. The quantitative estimate of drug-likeness (QED) is 0.882. The van der Waals surface area contributed by atoms with E-state index < -0.39 is 6.10 Å². The molecule has 1 N–H and O–H groups in total. The number of aliphatic hydroxyl groups is 1. The van der Waals surface area contributed by atoms with Crippen LogP contribution in [-0.2, 0) is 0 Å². The molecule has 3 nitrogen and oxygen atoms in total. The Hall–Kier alpha value is 0.350. The van der Waals surface area contributed by atoms with Crippen LogP contribution in [0.3, 0.4) is 0 Å². The molecule has 4 atom stereocenters. The van der Waals surface area contributed by atoms with Crippen molar-refractivity contribution in [1.29, 1.82) is 0 Å². The molecule has 1 aliphatic heterocycles. The molecule has 0 bridgehead atoms. The van der Waals surface area contributed by atoms with Gasteiger partial charge in [0, 0.05) is 27.5 Å². The maximum Gasteiger partial charge on any atom is 0.109 e. The minimum Gasteiger partial charge on any atom is -0.386 e. The van der Waals surface area contributed by atoms with Crippen LogP contribution in [0.5, 0.6) is 0 Å². The fourth-order valence-corrected chi connectivity index (χ4v) is 5.67. The number of halogens is 1. The molecule has 108 valence electrons. The van der Waals surface area contributed by atoms with E-state index in [1.807, 2.05) is 28.2 Å². The van der Waals surface area contributed by atoms with Crippen molar-refractivity contribution >= 4 is 39.5 Å². The Morgan fingerprint density at radius 1 is 1.42 bits per heavy atom. The zero-order valence-corrected chi connectivity index (χ0v) is 14.9. The molecule has 0 amide bonds. The van der Waals surface area contributed by atoms with Crippen molar-refractivity contribution in [3.8, 4) is 0 Å². The lowest BCUT2D eigenvalue weighted by Gasteiger charge is -2.34. The van der Waals surface area contributed by atoms with Crippen molar-refractivity contribution in [2.75, 3.05) is 5.75 Å². The number of nitrogens with zero attached hydrogens (tertiary/aromatic N) is 2. The van der Waals surface area contributed by atoms with Gasteiger partial charge in [0.1, 0.15) is 6.10 Å². The summed E-state index contributed by atoms with van der Waals surface area (Å²) < 4.78 is 2.83. The van der Waals surface area contributed by atoms with Gasteiger partial charge >= 0.3 is 0 Å². The summed E-state index contributed by atoms with van der Waals surface area (Å²) in [4.78, 5) is 0. The molecule has 2 heterocycles. The SMILES string of the molecule is CC1SCC(C(O)c2c(Br)cnn2C(C)C)SC1C. The van der Waals surface area contributed by atoms with Crippen molar-refractivity contribution in [1.82, 2.24) is 9.78 Å². The molecule has 1 aliphatic rings. The number of thioether (sulfide) groups is 2. The van der Waals surface area contributed by atoms with Crippen molar-refractivity contribution < 1.29 is 5.11 Å².